The summed E-state index contributed by atoms with van der Waals surface area (Å²) in [5.74, 6) is 0.876. The van der Waals surface area contributed by atoms with Gasteiger partial charge in [-0.05, 0) is 36.5 Å². The van der Waals surface area contributed by atoms with E-state index in [0.29, 0.717) is 23.7 Å². The van der Waals surface area contributed by atoms with E-state index in [-0.39, 0.29) is 17.4 Å². The second-order valence-electron chi connectivity index (χ2n) is 4.35. The standard InChI is InChI=1S/C13H18Cl2O2S/c1-2-7-18(16,17)8-6-12(10-14)11-4-3-5-13(15)9-11/h3-5,9,12H,2,6-8,10H2,1H3. The van der Waals surface area contributed by atoms with Crippen molar-refractivity contribution in [3.05, 3.63) is 34.9 Å². The van der Waals surface area contributed by atoms with Gasteiger partial charge in [-0.25, -0.2) is 8.42 Å². The number of rotatable bonds is 7. The van der Waals surface area contributed by atoms with E-state index < -0.39 is 9.84 Å². The lowest BCUT2D eigenvalue weighted by molar-refractivity contribution is 0.587. The van der Waals surface area contributed by atoms with Crippen molar-refractivity contribution in [1.82, 2.24) is 0 Å². The van der Waals surface area contributed by atoms with Crippen LogP contribution in [0, 0.1) is 0 Å². The molecule has 0 saturated carbocycles. The first-order chi connectivity index (χ1) is 8.48. The van der Waals surface area contributed by atoms with Gasteiger partial charge in [-0.3, -0.25) is 0 Å². The summed E-state index contributed by atoms with van der Waals surface area (Å²) >= 11 is 11.8. The van der Waals surface area contributed by atoms with Crippen molar-refractivity contribution in [2.24, 2.45) is 0 Å². The number of hydrogen-bond acceptors (Lipinski definition) is 2. The minimum Gasteiger partial charge on any atom is -0.229 e. The molecular weight excluding hydrogens is 291 g/mol. The molecule has 1 rings (SSSR count). The van der Waals surface area contributed by atoms with Gasteiger partial charge in [0, 0.05) is 16.7 Å². The lowest BCUT2D eigenvalue weighted by Crippen LogP contribution is -2.14. The van der Waals surface area contributed by atoms with E-state index in [1.165, 1.54) is 0 Å². The molecule has 0 aliphatic heterocycles. The van der Waals surface area contributed by atoms with E-state index in [9.17, 15) is 8.42 Å². The number of halogens is 2. The van der Waals surface area contributed by atoms with Crippen molar-refractivity contribution in [3.8, 4) is 0 Å². The maximum Gasteiger partial charge on any atom is 0.150 e. The Morgan fingerprint density at radius 2 is 2.00 bits per heavy atom. The molecule has 0 N–H and O–H groups in total. The van der Waals surface area contributed by atoms with E-state index in [2.05, 4.69) is 0 Å². The molecule has 102 valence electrons. The molecule has 0 heterocycles. The number of hydrogen-bond donors (Lipinski definition) is 0. The minimum atomic E-state index is -2.95. The van der Waals surface area contributed by atoms with Gasteiger partial charge in [0.05, 0.1) is 5.75 Å². The summed E-state index contributed by atoms with van der Waals surface area (Å²) in [6, 6.07) is 7.44. The van der Waals surface area contributed by atoms with E-state index in [0.717, 1.165) is 5.56 Å². The van der Waals surface area contributed by atoms with Gasteiger partial charge in [0.15, 0.2) is 0 Å². The molecule has 0 aliphatic rings. The van der Waals surface area contributed by atoms with Gasteiger partial charge in [-0.1, -0.05) is 30.7 Å². The van der Waals surface area contributed by atoms with E-state index in [1.54, 1.807) is 6.07 Å². The Hall–Kier alpha value is -0.250. The fourth-order valence-electron chi connectivity index (χ4n) is 1.83. The highest BCUT2D eigenvalue weighted by Gasteiger charge is 2.16. The first-order valence-electron chi connectivity index (χ1n) is 6.00. The maximum absolute atomic E-state index is 11.7. The summed E-state index contributed by atoms with van der Waals surface area (Å²) in [6.45, 7) is 1.87. The normalized spacial score (nSPS) is 13.5. The van der Waals surface area contributed by atoms with Crippen LogP contribution in [0.1, 0.15) is 31.2 Å². The molecule has 0 aromatic heterocycles. The first kappa shape index (κ1) is 15.8. The molecule has 1 aromatic rings. The van der Waals surface area contributed by atoms with Gasteiger partial charge in [-0.2, -0.15) is 0 Å². The predicted octanol–water partition coefficient (Wildman–Crippen LogP) is 3.88. The average molecular weight is 309 g/mol. The summed E-state index contributed by atoms with van der Waals surface area (Å²) < 4.78 is 23.4. The zero-order valence-corrected chi connectivity index (χ0v) is 12.7. The Balaban J connectivity index is 2.69. The van der Waals surface area contributed by atoms with Crippen molar-refractivity contribution in [1.29, 1.82) is 0 Å². The van der Waals surface area contributed by atoms with Crippen molar-refractivity contribution >= 4 is 33.0 Å². The Labute approximate surface area is 119 Å². The number of benzene rings is 1. The molecule has 0 aliphatic carbocycles. The zero-order valence-electron chi connectivity index (χ0n) is 10.4. The van der Waals surface area contributed by atoms with Crippen LogP contribution < -0.4 is 0 Å². The molecule has 0 fully saturated rings. The SMILES string of the molecule is CCCS(=O)(=O)CCC(CCl)c1cccc(Cl)c1. The highest BCUT2D eigenvalue weighted by Crippen LogP contribution is 2.24. The largest absolute Gasteiger partial charge is 0.229 e. The molecule has 18 heavy (non-hydrogen) atoms. The van der Waals surface area contributed by atoms with Crippen LogP contribution in [0.4, 0.5) is 0 Å². The topological polar surface area (TPSA) is 34.1 Å². The number of sulfone groups is 1. The van der Waals surface area contributed by atoms with Crippen molar-refractivity contribution in [2.75, 3.05) is 17.4 Å². The highest BCUT2D eigenvalue weighted by molar-refractivity contribution is 7.91. The summed E-state index contributed by atoms with van der Waals surface area (Å²) in [5, 5.41) is 0.652. The van der Waals surface area contributed by atoms with Crippen LogP contribution in [-0.4, -0.2) is 25.8 Å². The Morgan fingerprint density at radius 3 is 2.56 bits per heavy atom. The smallest absolute Gasteiger partial charge is 0.150 e. The zero-order chi connectivity index (χ0) is 13.6. The Morgan fingerprint density at radius 1 is 1.28 bits per heavy atom. The van der Waals surface area contributed by atoms with Crippen LogP contribution in [0.25, 0.3) is 0 Å². The number of alkyl halides is 1. The van der Waals surface area contributed by atoms with Crippen LogP contribution in [-0.2, 0) is 9.84 Å². The third kappa shape index (κ3) is 5.17. The lowest BCUT2D eigenvalue weighted by Gasteiger charge is -2.14. The fourth-order valence-corrected chi connectivity index (χ4v) is 3.83. The average Bonchev–Trinajstić information content (AvgIpc) is 2.29. The maximum atomic E-state index is 11.7. The van der Waals surface area contributed by atoms with Gasteiger partial charge < -0.3 is 0 Å². The Bertz CT molecular complexity index is 472. The molecular formula is C13H18Cl2O2S. The van der Waals surface area contributed by atoms with Crippen molar-refractivity contribution < 1.29 is 8.42 Å². The summed E-state index contributed by atoms with van der Waals surface area (Å²) in [7, 11) is -2.95. The summed E-state index contributed by atoms with van der Waals surface area (Å²) in [5.41, 5.74) is 1.00. The van der Waals surface area contributed by atoms with Gasteiger partial charge >= 0.3 is 0 Å². The molecule has 0 amide bonds. The van der Waals surface area contributed by atoms with E-state index in [1.807, 2.05) is 25.1 Å². The summed E-state index contributed by atoms with van der Waals surface area (Å²) in [6.07, 6.45) is 1.21. The van der Waals surface area contributed by atoms with Crippen LogP contribution in [0.15, 0.2) is 24.3 Å². The summed E-state index contributed by atoms with van der Waals surface area (Å²) in [4.78, 5) is 0. The van der Waals surface area contributed by atoms with E-state index in [4.69, 9.17) is 23.2 Å². The fraction of sp³-hybridized carbons (Fsp3) is 0.538. The van der Waals surface area contributed by atoms with Gasteiger partial charge in [-0.15, -0.1) is 11.6 Å². The molecule has 1 unspecified atom stereocenters. The van der Waals surface area contributed by atoms with Crippen molar-refractivity contribution in [2.45, 2.75) is 25.7 Å². The predicted molar refractivity (Wildman–Crippen MR) is 78.5 cm³/mol. The van der Waals surface area contributed by atoms with Crippen LogP contribution in [0.2, 0.25) is 5.02 Å². The second-order valence-corrected chi connectivity index (χ2v) is 7.40. The third-order valence-corrected chi connectivity index (χ3v) is 5.29. The highest BCUT2D eigenvalue weighted by atomic mass is 35.5. The van der Waals surface area contributed by atoms with Crippen LogP contribution in [0.5, 0.6) is 0 Å². The van der Waals surface area contributed by atoms with Gasteiger partial charge in [0.2, 0.25) is 0 Å². The Kier molecular flexibility index (Phi) is 6.47. The van der Waals surface area contributed by atoms with Crippen molar-refractivity contribution in [3.63, 3.8) is 0 Å². The molecule has 1 aromatic carbocycles. The third-order valence-electron chi connectivity index (χ3n) is 2.80. The van der Waals surface area contributed by atoms with Crippen LogP contribution in [0.3, 0.4) is 0 Å². The molecule has 1 atom stereocenters. The molecule has 0 spiro atoms. The minimum absolute atomic E-state index is 0.0389. The first-order valence-corrected chi connectivity index (χ1v) is 8.73. The van der Waals surface area contributed by atoms with Gasteiger partial charge in [0.25, 0.3) is 0 Å². The second kappa shape index (κ2) is 7.37. The molecule has 2 nitrogen and oxygen atoms in total. The van der Waals surface area contributed by atoms with E-state index >= 15 is 0 Å². The molecule has 0 radical (unpaired) electrons. The lowest BCUT2D eigenvalue weighted by atomic mass is 9.99. The molecule has 0 saturated heterocycles. The quantitative estimate of drug-likeness (QED) is 0.716. The monoisotopic (exact) mass is 308 g/mol. The molecule has 5 heteroatoms. The molecule has 0 bridgehead atoms. The van der Waals surface area contributed by atoms with Gasteiger partial charge in [0.1, 0.15) is 9.84 Å². The van der Waals surface area contributed by atoms with Crippen LogP contribution >= 0.6 is 23.2 Å².